The van der Waals surface area contributed by atoms with E-state index in [1.165, 1.54) is 42.6 Å². The van der Waals surface area contributed by atoms with Crippen molar-refractivity contribution in [2.45, 2.75) is 18.2 Å². The Morgan fingerprint density at radius 3 is 2.50 bits per heavy atom. The lowest BCUT2D eigenvalue weighted by Crippen LogP contribution is -2.20. The number of rotatable bonds is 6. The second kappa shape index (κ2) is 7.55. The van der Waals surface area contributed by atoms with Crippen LogP contribution < -0.4 is 14.2 Å². The Labute approximate surface area is 159 Å². The van der Waals surface area contributed by atoms with Gasteiger partial charge in [-0.3, -0.25) is 9.71 Å². The monoisotopic (exact) mass is 412 g/mol. The molecule has 2 aromatic carbocycles. The van der Waals surface area contributed by atoms with E-state index in [1.54, 1.807) is 13.0 Å². The molecule has 0 aliphatic rings. The van der Waals surface area contributed by atoms with Crippen LogP contribution in [0, 0.1) is 0 Å². The minimum Gasteiger partial charge on any atom is -0.492 e. The van der Waals surface area contributed by atoms with Gasteiger partial charge in [-0.05, 0) is 43.3 Å². The summed E-state index contributed by atoms with van der Waals surface area (Å²) in [5.41, 5.74) is -0.0159. The molecule has 1 aromatic heterocycles. The first kappa shape index (κ1) is 19.7. The number of alkyl halides is 3. The third-order valence-corrected chi connectivity index (χ3v) is 5.06. The Kier molecular flexibility index (Phi) is 5.32. The van der Waals surface area contributed by atoms with E-state index in [9.17, 15) is 21.6 Å². The maximum absolute atomic E-state index is 12.9. The molecule has 1 N–H and O–H groups in total. The molecule has 0 saturated carbocycles. The Morgan fingerprint density at radius 2 is 1.79 bits per heavy atom. The Morgan fingerprint density at radius 1 is 1.04 bits per heavy atom. The van der Waals surface area contributed by atoms with Crippen molar-refractivity contribution in [3.63, 3.8) is 0 Å². The number of halogens is 3. The number of hydrogen-bond donors (Lipinski definition) is 1. The van der Waals surface area contributed by atoms with Gasteiger partial charge < -0.3 is 9.47 Å². The molecule has 148 valence electrons. The van der Waals surface area contributed by atoms with Gasteiger partial charge in [0, 0.05) is 11.6 Å². The van der Waals surface area contributed by atoms with Crippen LogP contribution in [0.15, 0.2) is 59.6 Å². The molecule has 3 aromatic rings. The third kappa shape index (κ3) is 4.28. The Balaban J connectivity index is 2.05. The van der Waals surface area contributed by atoms with Crippen LogP contribution in [0.4, 0.5) is 18.9 Å². The molecule has 28 heavy (non-hydrogen) atoms. The van der Waals surface area contributed by atoms with Crippen LogP contribution in [0.25, 0.3) is 10.9 Å². The predicted octanol–water partition coefficient (Wildman–Crippen LogP) is 4.33. The van der Waals surface area contributed by atoms with Crippen molar-refractivity contribution < 1.29 is 31.1 Å². The van der Waals surface area contributed by atoms with E-state index in [1.807, 2.05) is 0 Å². The molecule has 0 unspecified atom stereocenters. The molecule has 0 fully saturated rings. The van der Waals surface area contributed by atoms with Crippen LogP contribution in [0.1, 0.15) is 6.92 Å². The summed E-state index contributed by atoms with van der Waals surface area (Å²) >= 11 is 0. The molecule has 0 spiro atoms. The molecule has 0 aliphatic carbocycles. The number of ether oxygens (including phenoxy) is 2. The van der Waals surface area contributed by atoms with E-state index in [-0.39, 0.29) is 16.0 Å². The lowest BCUT2D eigenvalue weighted by atomic mass is 10.2. The van der Waals surface area contributed by atoms with Gasteiger partial charge in [-0.1, -0.05) is 12.1 Å². The number of para-hydroxylation sites is 2. The molecule has 1 heterocycles. The third-order valence-electron chi connectivity index (χ3n) is 3.64. The molecule has 10 heteroatoms. The van der Waals surface area contributed by atoms with E-state index in [0.717, 1.165) is 6.07 Å². The lowest BCUT2D eigenvalue weighted by molar-refractivity contribution is -0.274. The molecular formula is C18H15F3N2O4S. The van der Waals surface area contributed by atoms with Gasteiger partial charge in [0.2, 0.25) is 0 Å². The van der Waals surface area contributed by atoms with Crippen LogP contribution in [0.2, 0.25) is 0 Å². The summed E-state index contributed by atoms with van der Waals surface area (Å²) in [6, 6.07) is 10.7. The fraction of sp³-hybridized carbons (Fsp3) is 0.167. The van der Waals surface area contributed by atoms with E-state index in [2.05, 4.69) is 14.4 Å². The van der Waals surface area contributed by atoms with Crippen LogP contribution in [0.3, 0.4) is 0 Å². The second-order valence-electron chi connectivity index (χ2n) is 5.54. The fourth-order valence-electron chi connectivity index (χ4n) is 2.59. The summed E-state index contributed by atoms with van der Waals surface area (Å²) in [5, 5.41) is 0.273. The highest BCUT2D eigenvalue weighted by Gasteiger charge is 2.32. The average molecular weight is 412 g/mol. The second-order valence-corrected chi connectivity index (χ2v) is 7.19. The summed E-state index contributed by atoms with van der Waals surface area (Å²) < 4.78 is 75.0. The fourth-order valence-corrected chi connectivity index (χ4v) is 3.86. The van der Waals surface area contributed by atoms with Crippen molar-refractivity contribution in [1.29, 1.82) is 0 Å². The van der Waals surface area contributed by atoms with Crippen molar-refractivity contribution in [2.75, 3.05) is 11.3 Å². The Bertz CT molecular complexity index is 1100. The minimum absolute atomic E-state index is 0.152. The maximum Gasteiger partial charge on any atom is 0.573 e. The van der Waals surface area contributed by atoms with Crippen molar-refractivity contribution in [2.24, 2.45) is 0 Å². The van der Waals surface area contributed by atoms with Gasteiger partial charge in [-0.25, -0.2) is 8.42 Å². The summed E-state index contributed by atoms with van der Waals surface area (Å²) in [6.07, 6.45) is -3.47. The number of nitrogens with zero attached hydrogens (tertiary/aromatic N) is 1. The van der Waals surface area contributed by atoms with Gasteiger partial charge in [0.25, 0.3) is 10.0 Å². The molecular weight excluding hydrogens is 397 g/mol. The van der Waals surface area contributed by atoms with Gasteiger partial charge in [-0.2, -0.15) is 0 Å². The molecule has 0 radical (unpaired) electrons. The maximum atomic E-state index is 12.9. The molecule has 3 rings (SSSR count). The van der Waals surface area contributed by atoms with Crippen LogP contribution in [-0.2, 0) is 10.0 Å². The summed E-state index contributed by atoms with van der Waals surface area (Å²) in [6.45, 7) is 2.14. The summed E-state index contributed by atoms with van der Waals surface area (Å²) in [7, 11) is -4.24. The van der Waals surface area contributed by atoms with E-state index in [4.69, 9.17) is 4.74 Å². The van der Waals surface area contributed by atoms with E-state index in [0.29, 0.717) is 17.9 Å². The quantitative estimate of drug-likeness (QED) is 0.652. The zero-order valence-electron chi connectivity index (χ0n) is 14.5. The zero-order valence-corrected chi connectivity index (χ0v) is 15.3. The number of pyridine rings is 1. The number of anilines is 1. The Hall–Kier alpha value is -3.01. The minimum atomic E-state index is -4.96. The molecule has 0 saturated heterocycles. The summed E-state index contributed by atoms with van der Waals surface area (Å²) in [4.78, 5) is 4.00. The topological polar surface area (TPSA) is 77.5 Å². The highest BCUT2D eigenvalue weighted by molar-refractivity contribution is 7.93. The zero-order chi connectivity index (χ0) is 20.4. The first-order chi connectivity index (χ1) is 13.2. The largest absolute Gasteiger partial charge is 0.573 e. The molecule has 6 nitrogen and oxygen atoms in total. The molecule has 0 amide bonds. The molecule has 0 atom stereocenters. The lowest BCUT2D eigenvalue weighted by Gasteiger charge is -2.16. The van der Waals surface area contributed by atoms with Crippen LogP contribution in [-0.4, -0.2) is 26.4 Å². The number of nitrogens with one attached hydrogen (secondary N) is 1. The van der Waals surface area contributed by atoms with Crippen molar-refractivity contribution in [3.8, 4) is 11.5 Å². The number of hydrogen-bond acceptors (Lipinski definition) is 5. The molecule has 0 aliphatic heterocycles. The van der Waals surface area contributed by atoms with Gasteiger partial charge >= 0.3 is 6.36 Å². The van der Waals surface area contributed by atoms with E-state index < -0.39 is 22.1 Å². The van der Waals surface area contributed by atoms with Gasteiger partial charge in [-0.15, -0.1) is 13.2 Å². The number of fused-ring (bicyclic) bond motifs is 1. The van der Waals surface area contributed by atoms with Gasteiger partial charge in [0.15, 0.2) is 5.75 Å². The highest BCUT2D eigenvalue weighted by Crippen LogP contribution is 2.34. The number of aromatic nitrogens is 1. The predicted molar refractivity (Wildman–Crippen MR) is 96.8 cm³/mol. The summed E-state index contributed by atoms with van der Waals surface area (Å²) in [5.74, 6) is -0.259. The smallest absolute Gasteiger partial charge is 0.492 e. The normalized spacial score (nSPS) is 12.0. The van der Waals surface area contributed by atoms with Crippen LogP contribution in [0.5, 0.6) is 11.5 Å². The van der Waals surface area contributed by atoms with Crippen molar-refractivity contribution in [1.82, 2.24) is 4.98 Å². The average Bonchev–Trinajstić information content (AvgIpc) is 2.62. The van der Waals surface area contributed by atoms with Crippen molar-refractivity contribution >= 4 is 26.6 Å². The van der Waals surface area contributed by atoms with Crippen molar-refractivity contribution in [3.05, 3.63) is 54.7 Å². The first-order valence-corrected chi connectivity index (χ1v) is 9.58. The first-order valence-electron chi connectivity index (χ1n) is 8.09. The standard InChI is InChI=1S/C18H15F3N2O4S/c1-2-26-15-9-10-16(12-6-5-11-22-17(12)15)28(24,25)23-13-7-3-4-8-14(13)27-18(19,20)21/h3-11,23H,2H2,1H3. The van der Waals surface area contributed by atoms with Crippen LogP contribution >= 0.6 is 0 Å². The SMILES string of the molecule is CCOc1ccc(S(=O)(=O)Nc2ccccc2OC(F)(F)F)c2cccnc12. The van der Waals surface area contributed by atoms with E-state index >= 15 is 0 Å². The number of benzene rings is 2. The molecule has 0 bridgehead atoms. The number of sulfonamides is 1. The van der Waals surface area contributed by atoms with Gasteiger partial charge in [0.05, 0.1) is 17.2 Å². The van der Waals surface area contributed by atoms with Gasteiger partial charge in [0.1, 0.15) is 11.3 Å². The highest BCUT2D eigenvalue weighted by atomic mass is 32.2.